The van der Waals surface area contributed by atoms with Gasteiger partial charge in [-0.3, -0.25) is 24.7 Å². The Balaban J connectivity index is 1.42. The first-order chi connectivity index (χ1) is 17.4. The Kier molecular flexibility index (Phi) is 8.36. The lowest BCUT2D eigenvalue weighted by atomic mass is 10.2. The van der Waals surface area contributed by atoms with Gasteiger partial charge in [0.1, 0.15) is 5.75 Å². The lowest BCUT2D eigenvalue weighted by Crippen LogP contribution is -2.25. The number of nitrogens with one attached hydrogen (secondary N) is 3. The number of anilines is 1. The van der Waals surface area contributed by atoms with E-state index in [0.717, 1.165) is 16.2 Å². The molecule has 3 aromatic rings. The summed E-state index contributed by atoms with van der Waals surface area (Å²) in [5.74, 6) is -0.770. The number of hydrogen-bond acceptors (Lipinski definition) is 7. The van der Waals surface area contributed by atoms with Crippen molar-refractivity contribution in [3.63, 3.8) is 0 Å². The summed E-state index contributed by atoms with van der Waals surface area (Å²) in [5, 5.41) is 10.1. The summed E-state index contributed by atoms with van der Waals surface area (Å²) in [5.41, 5.74) is 3.94. The van der Waals surface area contributed by atoms with E-state index in [4.69, 9.17) is 16.3 Å². The maximum absolute atomic E-state index is 12.5. The molecule has 2 heterocycles. The van der Waals surface area contributed by atoms with Gasteiger partial charge in [-0.25, -0.2) is 5.43 Å². The largest absolute Gasteiger partial charge is 0.483 e. The summed E-state index contributed by atoms with van der Waals surface area (Å²) >= 11 is 10.3. The number of benzene rings is 2. The molecule has 0 aliphatic carbocycles. The summed E-state index contributed by atoms with van der Waals surface area (Å²) in [6.07, 6.45) is 4.60. The minimum atomic E-state index is -0.434. The van der Waals surface area contributed by atoms with Crippen LogP contribution in [0.2, 0.25) is 5.02 Å². The molecular formula is C24H17BrClN5O4S. The Morgan fingerprint density at radius 3 is 2.64 bits per heavy atom. The normalized spacial score (nSPS) is 15.0. The third-order valence-electron chi connectivity index (χ3n) is 4.60. The molecule has 9 nitrogen and oxygen atoms in total. The number of halogens is 2. The van der Waals surface area contributed by atoms with Crippen LogP contribution in [0.1, 0.15) is 15.9 Å². The molecule has 4 rings (SSSR count). The summed E-state index contributed by atoms with van der Waals surface area (Å²) in [6, 6.07) is 15.0. The van der Waals surface area contributed by atoms with E-state index < -0.39 is 5.91 Å². The molecule has 3 amide bonds. The fourth-order valence-corrected chi connectivity index (χ4v) is 4.21. The Morgan fingerprint density at radius 1 is 1.14 bits per heavy atom. The standard InChI is InChI=1S/C24H17BrClN5O4S/c25-16-1-6-19(35-13-21(32)28-18-4-2-17(26)3-5-18)15(11-16)12-20-23(34)29-24(36-20)31-30-22(33)14-7-9-27-10-8-14/h1-12H,13H2,(H,28,32)(H,30,33)(H,29,31,34). The van der Waals surface area contributed by atoms with Crippen LogP contribution in [-0.4, -0.2) is 34.5 Å². The Hall–Kier alpha value is -3.67. The van der Waals surface area contributed by atoms with E-state index in [1.165, 1.54) is 12.4 Å². The van der Waals surface area contributed by atoms with Gasteiger partial charge in [-0.1, -0.05) is 27.5 Å². The van der Waals surface area contributed by atoms with E-state index in [1.54, 1.807) is 60.7 Å². The van der Waals surface area contributed by atoms with Gasteiger partial charge in [0, 0.05) is 38.7 Å². The second-order valence-electron chi connectivity index (χ2n) is 7.18. The highest BCUT2D eigenvalue weighted by atomic mass is 79.9. The predicted octanol–water partition coefficient (Wildman–Crippen LogP) is 4.42. The molecule has 3 N–H and O–H groups in total. The zero-order valence-corrected chi connectivity index (χ0v) is 21.5. The van der Waals surface area contributed by atoms with Gasteiger partial charge < -0.3 is 10.1 Å². The fourth-order valence-electron chi connectivity index (χ4n) is 2.93. The van der Waals surface area contributed by atoms with Crippen LogP contribution in [0, 0.1) is 0 Å². The highest BCUT2D eigenvalue weighted by Crippen LogP contribution is 2.31. The monoisotopic (exact) mass is 585 g/mol. The number of hydrazone groups is 1. The number of ether oxygens (including phenoxy) is 1. The van der Waals surface area contributed by atoms with Crippen LogP contribution < -0.4 is 20.8 Å². The molecule has 0 atom stereocenters. The van der Waals surface area contributed by atoms with Crippen LogP contribution in [0.15, 0.2) is 81.5 Å². The van der Waals surface area contributed by atoms with Crippen molar-refractivity contribution >= 4 is 73.9 Å². The molecule has 1 saturated heterocycles. The van der Waals surface area contributed by atoms with Crippen LogP contribution in [0.4, 0.5) is 5.69 Å². The summed E-state index contributed by atoms with van der Waals surface area (Å²) in [7, 11) is 0. The maximum atomic E-state index is 12.5. The zero-order chi connectivity index (χ0) is 25.5. The maximum Gasteiger partial charge on any atom is 0.271 e. The fraction of sp³-hybridized carbons (Fsp3) is 0.0417. The quantitative estimate of drug-likeness (QED) is 0.278. The second-order valence-corrected chi connectivity index (χ2v) is 9.57. The average molecular weight is 587 g/mol. The zero-order valence-electron chi connectivity index (χ0n) is 18.3. The van der Waals surface area contributed by atoms with Crippen LogP contribution >= 0.6 is 39.3 Å². The lowest BCUT2D eigenvalue weighted by molar-refractivity contribution is -0.118. The number of amidine groups is 1. The molecule has 0 spiro atoms. The van der Waals surface area contributed by atoms with Crippen LogP contribution in [0.25, 0.3) is 6.08 Å². The number of thioether (sulfide) groups is 1. The topological polar surface area (TPSA) is 122 Å². The van der Waals surface area contributed by atoms with Gasteiger partial charge in [-0.2, -0.15) is 0 Å². The number of hydrogen-bond donors (Lipinski definition) is 3. The molecule has 1 aliphatic heterocycles. The number of carbonyl (C=O) groups excluding carboxylic acids is 3. The molecule has 2 aromatic carbocycles. The van der Waals surface area contributed by atoms with Crippen molar-refractivity contribution in [2.45, 2.75) is 0 Å². The van der Waals surface area contributed by atoms with E-state index in [2.05, 4.69) is 42.1 Å². The van der Waals surface area contributed by atoms with Crippen molar-refractivity contribution in [2.24, 2.45) is 5.10 Å². The average Bonchev–Trinajstić information content (AvgIpc) is 3.23. The van der Waals surface area contributed by atoms with Crippen molar-refractivity contribution in [3.8, 4) is 5.75 Å². The summed E-state index contributed by atoms with van der Waals surface area (Å²) in [6.45, 7) is -0.243. The minimum absolute atomic E-state index is 0.216. The number of amides is 3. The second kappa shape index (κ2) is 11.8. The molecule has 0 bridgehead atoms. The van der Waals surface area contributed by atoms with E-state index in [9.17, 15) is 14.4 Å². The smallest absolute Gasteiger partial charge is 0.271 e. The number of carbonyl (C=O) groups is 3. The summed E-state index contributed by atoms with van der Waals surface area (Å²) < 4.78 is 6.47. The van der Waals surface area contributed by atoms with Crippen molar-refractivity contribution in [1.82, 2.24) is 15.7 Å². The Labute approximate surface area is 223 Å². The van der Waals surface area contributed by atoms with Crippen molar-refractivity contribution in [1.29, 1.82) is 0 Å². The van der Waals surface area contributed by atoms with Gasteiger partial charge in [0.2, 0.25) is 0 Å². The molecule has 1 fully saturated rings. The Bertz CT molecular complexity index is 1370. The molecule has 0 unspecified atom stereocenters. The van der Waals surface area contributed by atoms with Crippen LogP contribution in [-0.2, 0) is 9.59 Å². The SMILES string of the molecule is O=C(COc1ccc(Br)cc1C=C1SC(=NNC(=O)c2ccncc2)NC1=O)Nc1ccc(Cl)cc1. The molecule has 0 saturated carbocycles. The number of nitrogens with zero attached hydrogens (tertiary/aromatic N) is 2. The van der Waals surface area contributed by atoms with Crippen LogP contribution in [0.3, 0.4) is 0 Å². The molecular weight excluding hydrogens is 570 g/mol. The van der Waals surface area contributed by atoms with Crippen LogP contribution in [0.5, 0.6) is 5.75 Å². The molecule has 1 aliphatic rings. The van der Waals surface area contributed by atoms with Gasteiger partial charge >= 0.3 is 0 Å². The third-order valence-corrected chi connectivity index (χ3v) is 6.25. The first kappa shape index (κ1) is 25.4. The lowest BCUT2D eigenvalue weighted by Gasteiger charge is -2.11. The van der Waals surface area contributed by atoms with E-state index >= 15 is 0 Å². The van der Waals surface area contributed by atoms with Crippen molar-refractivity contribution in [2.75, 3.05) is 11.9 Å². The highest BCUT2D eigenvalue weighted by molar-refractivity contribution is 9.10. The first-order valence-corrected chi connectivity index (χ1v) is 12.3. The van der Waals surface area contributed by atoms with Gasteiger partial charge in [0.15, 0.2) is 11.8 Å². The van der Waals surface area contributed by atoms with Gasteiger partial charge in [-0.05, 0) is 72.4 Å². The van der Waals surface area contributed by atoms with Gasteiger partial charge in [0.25, 0.3) is 17.7 Å². The molecule has 0 radical (unpaired) electrons. The van der Waals surface area contributed by atoms with E-state index in [-0.39, 0.29) is 23.6 Å². The molecule has 182 valence electrons. The predicted molar refractivity (Wildman–Crippen MR) is 143 cm³/mol. The third kappa shape index (κ3) is 6.94. The van der Waals surface area contributed by atoms with Crippen molar-refractivity contribution in [3.05, 3.63) is 92.5 Å². The van der Waals surface area contributed by atoms with E-state index in [0.29, 0.717) is 32.5 Å². The molecule has 36 heavy (non-hydrogen) atoms. The van der Waals surface area contributed by atoms with Gasteiger partial charge in [-0.15, -0.1) is 5.10 Å². The molecule has 12 heteroatoms. The number of rotatable bonds is 7. The van der Waals surface area contributed by atoms with E-state index in [1.807, 2.05) is 0 Å². The Morgan fingerprint density at radius 2 is 1.89 bits per heavy atom. The first-order valence-electron chi connectivity index (χ1n) is 10.3. The molecule has 1 aromatic heterocycles. The number of aromatic nitrogens is 1. The summed E-state index contributed by atoms with van der Waals surface area (Å²) in [4.78, 5) is 41.1. The highest BCUT2D eigenvalue weighted by Gasteiger charge is 2.25. The minimum Gasteiger partial charge on any atom is -0.483 e. The van der Waals surface area contributed by atoms with Crippen molar-refractivity contribution < 1.29 is 19.1 Å². The van der Waals surface area contributed by atoms with Gasteiger partial charge in [0.05, 0.1) is 4.91 Å². The number of pyridine rings is 1.